The quantitative estimate of drug-likeness (QED) is 0.531. The average Bonchev–Trinajstić information content (AvgIpc) is 2.68. The maximum absolute atomic E-state index is 2.37. The average molecular weight is 330 g/mol. The van der Waals surface area contributed by atoms with Gasteiger partial charge in [0.15, 0.2) is 0 Å². The van der Waals surface area contributed by atoms with E-state index in [1.54, 1.807) is 9.80 Å². The van der Waals surface area contributed by atoms with Crippen molar-refractivity contribution in [3.8, 4) is 0 Å². The molecule has 2 heteroatoms. The van der Waals surface area contributed by atoms with Gasteiger partial charge in [-0.1, -0.05) is 54.6 Å². The van der Waals surface area contributed by atoms with E-state index in [9.17, 15) is 0 Å². The fourth-order valence-corrected chi connectivity index (χ4v) is 4.71. The summed E-state index contributed by atoms with van der Waals surface area (Å²) in [5.41, 5.74) is 1.51. The molecule has 2 nitrogen and oxygen atoms in total. The van der Waals surface area contributed by atoms with Gasteiger partial charge < -0.3 is 9.80 Å². The lowest BCUT2D eigenvalue weighted by molar-refractivity contribution is -1.02. The highest BCUT2D eigenvalue weighted by Crippen LogP contribution is 2.35. The maximum atomic E-state index is 2.37. The van der Waals surface area contributed by atoms with Gasteiger partial charge in [-0.15, -0.1) is 0 Å². The fraction of sp³-hybridized carbons (Fsp3) is 0.304. The second kappa shape index (κ2) is 5.98. The molecule has 0 amide bonds. The molecule has 0 saturated carbocycles. The minimum atomic E-state index is 1.16. The molecule has 0 aromatic heterocycles. The Morgan fingerprint density at radius 3 is 2.00 bits per heavy atom. The summed E-state index contributed by atoms with van der Waals surface area (Å²) in [4.78, 5) is 3.51. The van der Waals surface area contributed by atoms with Crippen LogP contribution in [0.15, 0.2) is 54.6 Å². The molecule has 1 fully saturated rings. The molecule has 1 aliphatic heterocycles. The first-order valence-electron chi connectivity index (χ1n) is 9.66. The lowest BCUT2D eigenvalue weighted by Crippen LogP contribution is -3.27. The zero-order valence-corrected chi connectivity index (χ0v) is 14.9. The van der Waals surface area contributed by atoms with Crippen molar-refractivity contribution in [3.63, 3.8) is 0 Å². The first kappa shape index (κ1) is 15.1. The third-order valence-corrected chi connectivity index (χ3v) is 6.22. The minimum Gasteiger partial charge on any atom is -0.326 e. The van der Waals surface area contributed by atoms with Gasteiger partial charge in [-0.25, -0.2) is 0 Å². The van der Waals surface area contributed by atoms with Crippen LogP contribution in [-0.4, -0.2) is 32.7 Å². The molecule has 0 aliphatic carbocycles. The number of hydrogen-bond acceptors (Lipinski definition) is 0. The highest BCUT2D eigenvalue weighted by Gasteiger charge is 2.22. The van der Waals surface area contributed by atoms with Crippen molar-refractivity contribution < 1.29 is 9.80 Å². The van der Waals surface area contributed by atoms with Gasteiger partial charge in [0.2, 0.25) is 0 Å². The first-order valence-corrected chi connectivity index (χ1v) is 9.66. The summed E-state index contributed by atoms with van der Waals surface area (Å²) in [7, 11) is 0. The summed E-state index contributed by atoms with van der Waals surface area (Å²) in [6, 6.07) is 20.6. The predicted molar refractivity (Wildman–Crippen MR) is 106 cm³/mol. The van der Waals surface area contributed by atoms with Gasteiger partial charge in [0.25, 0.3) is 0 Å². The number of piperazine rings is 1. The molecule has 0 radical (unpaired) electrons. The van der Waals surface area contributed by atoms with Crippen LogP contribution in [0.25, 0.3) is 32.3 Å². The zero-order valence-electron chi connectivity index (χ0n) is 14.9. The molecule has 25 heavy (non-hydrogen) atoms. The van der Waals surface area contributed by atoms with E-state index in [0.717, 1.165) is 6.54 Å². The Kier molecular flexibility index (Phi) is 3.61. The Morgan fingerprint density at radius 1 is 0.680 bits per heavy atom. The smallest absolute Gasteiger partial charge is 0.127 e. The van der Waals surface area contributed by atoms with Crippen molar-refractivity contribution in [2.75, 3.05) is 32.7 Å². The molecular weight excluding hydrogens is 304 g/mol. The van der Waals surface area contributed by atoms with Crippen LogP contribution in [0.1, 0.15) is 12.5 Å². The summed E-state index contributed by atoms with van der Waals surface area (Å²) < 4.78 is 0. The van der Waals surface area contributed by atoms with Crippen molar-refractivity contribution >= 4 is 32.3 Å². The lowest BCUT2D eigenvalue weighted by atomic mass is 9.92. The normalized spacial score (nSPS) is 21.5. The number of quaternary nitrogens is 2. The van der Waals surface area contributed by atoms with Gasteiger partial charge in [0.05, 0.1) is 6.54 Å². The van der Waals surface area contributed by atoms with Crippen LogP contribution in [0.5, 0.6) is 0 Å². The molecule has 4 aromatic rings. The standard InChI is InChI=1S/C23H24N2/c1-2-24-12-14-25(15-13-24)16-20-9-8-19-7-6-17-4-3-5-18-10-11-21(20)23(19)22(17)18/h3-11H,2,12-16H2,1H3/p+2. The zero-order chi connectivity index (χ0) is 16.8. The number of likely N-dealkylation sites (N-methyl/N-ethyl adjacent to an activating group) is 1. The Bertz CT molecular complexity index is 1010. The van der Waals surface area contributed by atoms with Gasteiger partial charge in [-0.05, 0) is 39.2 Å². The van der Waals surface area contributed by atoms with Crippen LogP contribution in [0.4, 0.5) is 0 Å². The molecule has 0 atom stereocenters. The third-order valence-electron chi connectivity index (χ3n) is 6.22. The molecular formula is C23H26N2+2. The Balaban J connectivity index is 1.59. The second-order valence-electron chi connectivity index (χ2n) is 7.61. The third kappa shape index (κ3) is 2.48. The summed E-state index contributed by atoms with van der Waals surface area (Å²) in [6.07, 6.45) is 0. The molecule has 5 rings (SSSR count). The van der Waals surface area contributed by atoms with E-state index < -0.39 is 0 Å². The highest BCUT2D eigenvalue weighted by atomic mass is 15.3. The number of benzene rings is 4. The Labute approximate surface area is 149 Å². The van der Waals surface area contributed by atoms with Crippen LogP contribution in [0, 0.1) is 0 Å². The van der Waals surface area contributed by atoms with Crippen molar-refractivity contribution in [2.45, 2.75) is 13.5 Å². The second-order valence-corrected chi connectivity index (χ2v) is 7.61. The molecule has 4 aromatic carbocycles. The topological polar surface area (TPSA) is 8.88 Å². The molecule has 126 valence electrons. The number of hydrogen-bond donors (Lipinski definition) is 2. The van der Waals surface area contributed by atoms with E-state index in [1.165, 1.54) is 70.6 Å². The SMILES string of the molecule is CC[NH+]1CC[NH+](Cc2ccc3ccc4cccc5ccc2c3c45)CC1. The van der Waals surface area contributed by atoms with E-state index in [4.69, 9.17) is 0 Å². The largest absolute Gasteiger partial charge is 0.326 e. The molecule has 0 unspecified atom stereocenters. The van der Waals surface area contributed by atoms with Gasteiger partial charge in [0.1, 0.15) is 32.7 Å². The van der Waals surface area contributed by atoms with E-state index in [0.29, 0.717) is 0 Å². The minimum absolute atomic E-state index is 1.16. The molecule has 1 heterocycles. The number of rotatable bonds is 3. The molecule has 0 spiro atoms. The van der Waals surface area contributed by atoms with Gasteiger partial charge in [-0.2, -0.15) is 0 Å². The van der Waals surface area contributed by atoms with Crippen molar-refractivity contribution in [1.82, 2.24) is 0 Å². The first-order chi connectivity index (χ1) is 12.3. The molecule has 1 saturated heterocycles. The monoisotopic (exact) mass is 330 g/mol. The fourth-order valence-electron chi connectivity index (χ4n) is 4.71. The van der Waals surface area contributed by atoms with Gasteiger partial charge >= 0.3 is 0 Å². The highest BCUT2D eigenvalue weighted by molar-refractivity contribution is 6.23. The van der Waals surface area contributed by atoms with Crippen LogP contribution in [0.2, 0.25) is 0 Å². The lowest BCUT2D eigenvalue weighted by Gasteiger charge is -2.29. The summed E-state index contributed by atoms with van der Waals surface area (Å²) in [5, 5.41) is 8.46. The van der Waals surface area contributed by atoms with Crippen LogP contribution >= 0.6 is 0 Å². The van der Waals surface area contributed by atoms with Crippen LogP contribution in [0.3, 0.4) is 0 Å². The summed E-state index contributed by atoms with van der Waals surface area (Å²) in [5.74, 6) is 0. The molecule has 1 aliphatic rings. The maximum Gasteiger partial charge on any atom is 0.127 e. The van der Waals surface area contributed by atoms with Crippen LogP contribution < -0.4 is 9.80 Å². The Hall–Kier alpha value is -2.16. The van der Waals surface area contributed by atoms with Crippen molar-refractivity contribution in [1.29, 1.82) is 0 Å². The predicted octanol–water partition coefficient (Wildman–Crippen LogP) is 1.89. The summed E-state index contributed by atoms with van der Waals surface area (Å²) >= 11 is 0. The van der Waals surface area contributed by atoms with E-state index in [2.05, 4.69) is 61.5 Å². The number of nitrogens with one attached hydrogen (secondary N) is 2. The molecule has 2 N–H and O–H groups in total. The van der Waals surface area contributed by atoms with Crippen molar-refractivity contribution in [3.05, 3.63) is 60.2 Å². The molecule has 0 bridgehead atoms. The van der Waals surface area contributed by atoms with E-state index in [1.807, 2.05) is 0 Å². The van der Waals surface area contributed by atoms with E-state index >= 15 is 0 Å². The Morgan fingerprint density at radius 2 is 1.28 bits per heavy atom. The van der Waals surface area contributed by atoms with E-state index in [-0.39, 0.29) is 0 Å². The van der Waals surface area contributed by atoms with Crippen LogP contribution in [-0.2, 0) is 6.54 Å². The van der Waals surface area contributed by atoms with Crippen molar-refractivity contribution in [2.24, 2.45) is 0 Å². The van der Waals surface area contributed by atoms with Gasteiger partial charge in [-0.3, -0.25) is 0 Å². The summed E-state index contributed by atoms with van der Waals surface area (Å²) in [6.45, 7) is 9.96. The van der Waals surface area contributed by atoms with Gasteiger partial charge in [0, 0.05) is 5.56 Å².